The van der Waals surface area contributed by atoms with E-state index in [1.54, 1.807) is 6.07 Å². The fraction of sp³-hybridized carbons (Fsp3) is 0.647. The molecule has 21 heavy (non-hydrogen) atoms. The molecular formula is C17H26BrFN2. The lowest BCUT2D eigenvalue weighted by Crippen LogP contribution is -2.57. The first-order valence-corrected chi connectivity index (χ1v) is 8.72. The number of hydrogen-bond acceptors (Lipinski definition) is 2. The van der Waals surface area contributed by atoms with Crippen molar-refractivity contribution < 1.29 is 4.39 Å². The van der Waals surface area contributed by atoms with Crippen LogP contribution in [0.1, 0.15) is 39.2 Å². The first kappa shape index (κ1) is 16.9. The second kappa shape index (κ2) is 7.70. The number of halogens is 2. The van der Waals surface area contributed by atoms with Gasteiger partial charge in [-0.3, -0.25) is 4.90 Å². The van der Waals surface area contributed by atoms with Crippen molar-refractivity contribution in [2.75, 3.05) is 13.1 Å². The number of hydrogen-bond donors (Lipinski definition) is 1. The summed E-state index contributed by atoms with van der Waals surface area (Å²) in [7, 11) is 0. The van der Waals surface area contributed by atoms with E-state index in [4.69, 9.17) is 0 Å². The zero-order chi connectivity index (χ0) is 15.4. The maximum atomic E-state index is 14.1. The maximum Gasteiger partial charge on any atom is 0.128 e. The Bertz CT molecular complexity index is 464. The number of benzene rings is 1. The second-order valence-corrected chi connectivity index (χ2v) is 7.28. The van der Waals surface area contributed by atoms with Gasteiger partial charge in [0.1, 0.15) is 5.82 Å². The molecule has 1 aliphatic rings. The molecule has 4 heteroatoms. The van der Waals surface area contributed by atoms with Crippen LogP contribution in [0.15, 0.2) is 22.7 Å². The zero-order valence-corrected chi connectivity index (χ0v) is 14.8. The lowest BCUT2D eigenvalue weighted by molar-refractivity contribution is 0.0986. The average molecular weight is 357 g/mol. The summed E-state index contributed by atoms with van der Waals surface area (Å²) in [5.74, 6) is 0.490. The molecule has 1 saturated heterocycles. The van der Waals surface area contributed by atoms with Crippen LogP contribution < -0.4 is 5.32 Å². The summed E-state index contributed by atoms with van der Waals surface area (Å²) in [4.78, 5) is 2.46. The highest BCUT2D eigenvalue weighted by Crippen LogP contribution is 2.22. The van der Waals surface area contributed by atoms with Crippen molar-refractivity contribution in [3.8, 4) is 0 Å². The van der Waals surface area contributed by atoms with Crippen LogP contribution in [0.25, 0.3) is 0 Å². The first-order chi connectivity index (χ1) is 10.0. The van der Waals surface area contributed by atoms with Crippen molar-refractivity contribution in [3.05, 3.63) is 34.1 Å². The topological polar surface area (TPSA) is 15.3 Å². The van der Waals surface area contributed by atoms with Crippen LogP contribution in [0.3, 0.4) is 0 Å². The highest BCUT2D eigenvalue weighted by molar-refractivity contribution is 9.10. The SMILES string of the molecule is CCCC1CNC(C(C)C)CN1Cc1ccc(Br)cc1F. The van der Waals surface area contributed by atoms with Gasteiger partial charge in [-0.1, -0.05) is 49.2 Å². The van der Waals surface area contributed by atoms with E-state index in [1.807, 2.05) is 12.1 Å². The Kier molecular flexibility index (Phi) is 6.20. The van der Waals surface area contributed by atoms with E-state index >= 15 is 0 Å². The third kappa shape index (κ3) is 4.51. The third-order valence-electron chi connectivity index (χ3n) is 4.38. The van der Waals surface area contributed by atoms with Gasteiger partial charge in [-0.25, -0.2) is 4.39 Å². The summed E-state index contributed by atoms with van der Waals surface area (Å²) in [6, 6.07) is 6.39. The zero-order valence-electron chi connectivity index (χ0n) is 13.2. The van der Waals surface area contributed by atoms with Gasteiger partial charge < -0.3 is 5.32 Å². The van der Waals surface area contributed by atoms with Gasteiger partial charge >= 0.3 is 0 Å². The van der Waals surface area contributed by atoms with E-state index in [0.29, 0.717) is 24.5 Å². The lowest BCUT2D eigenvalue weighted by atomic mass is 9.97. The Morgan fingerprint density at radius 2 is 2.19 bits per heavy atom. The monoisotopic (exact) mass is 356 g/mol. The van der Waals surface area contributed by atoms with Gasteiger partial charge in [-0.15, -0.1) is 0 Å². The Morgan fingerprint density at radius 1 is 1.43 bits per heavy atom. The summed E-state index contributed by atoms with van der Waals surface area (Å²) in [6.07, 6.45) is 2.33. The molecule has 2 unspecified atom stereocenters. The van der Waals surface area contributed by atoms with Crippen molar-refractivity contribution in [1.29, 1.82) is 0 Å². The van der Waals surface area contributed by atoms with Gasteiger partial charge in [-0.05, 0) is 24.5 Å². The van der Waals surface area contributed by atoms with Crippen molar-refractivity contribution in [3.63, 3.8) is 0 Å². The van der Waals surface area contributed by atoms with E-state index in [-0.39, 0.29) is 5.82 Å². The highest BCUT2D eigenvalue weighted by atomic mass is 79.9. The van der Waals surface area contributed by atoms with Gasteiger partial charge in [0.15, 0.2) is 0 Å². The summed E-state index contributed by atoms with van der Waals surface area (Å²) in [5, 5.41) is 3.65. The van der Waals surface area contributed by atoms with Crippen LogP contribution in [0, 0.1) is 11.7 Å². The van der Waals surface area contributed by atoms with E-state index < -0.39 is 0 Å². The molecule has 118 valence electrons. The normalized spacial score (nSPS) is 23.7. The van der Waals surface area contributed by atoms with Gasteiger partial charge in [0.05, 0.1) is 0 Å². The molecule has 1 aromatic rings. The minimum absolute atomic E-state index is 0.112. The van der Waals surface area contributed by atoms with Crippen molar-refractivity contribution in [2.45, 2.75) is 52.2 Å². The molecule has 1 fully saturated rings. The molecule has 2 rings (SSSR count). The molecule has 0 aromatic heterocycles. The molecule has 0 aliphatic carbocycles. The summed E-state index contributed by atoms with van der Waals surface area (Å²) < 4.78 is 14.9. The number of rotatable bonds is 5. The van der Waals surface area contributed by atoms with E-state index in [2.05, 4.69) is 46.9 Å². The molecule has 0 bridgehead atoms. The van der Waals surface area contributed by atoms with Gasteiger partial charge in [-0.2, -0.15) is 0 Å². The average Bonchev–Trinajstić information content (AvgIpc) is 2.43. The van der Waals surface area contributed by atoms with Crippen molar-refractivity contribution in [1.82, 2.24) is 10.2 Å². The van der Waals surface area contributed by atoms with Crippen LogP contribution in [0.4, 0.5) is 4.39 Å². The summed E-state index contributed by atoms with van der Waals surface area (Å²) >= 11 is 3.32. The molecule has 1 aliphatic heterocycles. The first-order valence-electron chi connectivity index (χ1n) is 7.92. The predicted molar refractivity (Wildman–Crippen MR) is 89.8 cm³/mol. The minimum atomic E-state index is -0.112. The molecule has 0 spiro atoms. The van der Waals surface area contributed by atoms with Crippen LogP contribution in [-0.4, -0.2) is 30.1 Å². The molecule has 0 amide bonds. The number of piperazine rings is 1. The standard InChI is InChI=1S/C17H26BrFN2/c1-4-5-15-9-20-17(12(2)3)11-21(15)10-13-6-7-14(18)8-16(13)19/h6-8,12,15,17,20H,4-5,9-11H2,1-3H3. The molecule has 2 nitrogen and oxygen atoms in total. The number of nitrogens with one attached hydrogen (secondary N) is 1. The van der Waals surface area contributed by atoms with E-state index in [0.717, 1.165) is 36.0 Å². The fourth-order valence-electron chi connectivity index (χ4n) is 3.01. The fourth-order valence-corrected chi connectivity index (χ4v) is 3.34. The van der Waals surface area contributed by atoms with Gasteiger partial charge in [0, 0.05) is 41.8 Å². The van der Waals surface area contributed by atoms with Crippen molar-refractivity contribution in [2.24, 2.45) is 5.92 Å². The Balaban J connectivity index is 2.11. The maximum absolute atomic E-state index is 14.1. The Morgan fingerprint density at radius 3 is 2.81 bits per heavy atom. The highest BCUT2D eigenvalue weighted by Gasteiger charge is 2.29. The van der Waals surface area contributed by atoms with Crippen LogP contribution in [0.2, 0.25) is 0 Å². The van der Waals surface area contributed by atoms with E-state index in [1.165, 1.54) is 0 Å². The Hall–Kier alpha value is -0.450. The second-order valence-electron chi connectivity index (χ2n) is 6.37. The van der Waals surface area contributed by atoms with Crippen LogP contribution >= 0.6 is 15.9 Å². The Labute approximate surface area is 136 Å². The quantitative estimate of drug-likeness (QED) is 0.850. The molecule has 1 heterocycles. The van der Waals surface area contributed by atoms with Crippen LogP contribution in [0.5, 0.6) is 0 Å². The largest absolute Gasteiger partial charge is 0.311 e. The van der Waals surface area contributed by atoms with E-state index in [9.17, 15) is 4.39 Å². The molecule has 0 saturated carbocycles. The lowest BCUT2D eigenvalue weighted by Gasteiger charge is -2.42. The smallest absolute Gasteiger partial charge is 0.128 e. The van der Waals surface area contributed by atoms with Crippen molar-refractivity contribution >= 4 is 15.9 Å². The molecule has 1 aromatic carbocycles. The molecule has 0 radical (unpaired) electrons. The summed E-state index contributed by atoms with van der Waals surface area (Å²) in [6.45, 7) is 9.42. The minimum Gasteiger partial charge on any atom is -0.311 e. The molecule has 2 atom stereocenters. The summed E-state index contributed by atoms with van der Waals surface area (Å²) in [5.41, 5.74) is 0.795. The van der Waals surface area contributed by atoms with Gasteiger partial charge in [0.2, 0.25) is 0 Å². The predicted octanol–water partition coefficient (Wildman–Crippen LogP) is 4.19. The molecule has 1 N–H and O–H groups in total. The third-order valence-corrected chi connectivity index (χ3v) is 4.87. The number of nitrogens with zero attached hydrogens (tertiary/aromatic N) is 1. The van der Waals surface area contributed by atoms with Crippen LogP contribution in [-0.2, 0) is 6.54 Å². The van der Waals surface area contributed by atoms with Gasteiger partial charge in [0.25, 0.3) is 0 Å². The molecular weight excluding hydrogens is 331 g/mol.